The molecule has 0 saturated carbocycles. The Hall–Kier alpha value is -3.22. The molecule has 0 radical (unpaired) electrons. The van der Waals surface area contributed by atoms with Gasteiger partial charge in [-0.1, -0.05) is 37.3 Å². The predicted molar refractivity (Wildman–Crippen MR) is 96.0 cm³/mol. The number of nitro groups is 1. The highest BCUT2D eigenvalue weighted by Crippen LogP contribution is 2.22. The van der Waals surface area contributed by atoms with Gasteiger partial charge in [0, 0.05) is 18.6 Å². The Morgan fingerprint density at radius 2 is 1.92 bits per heavy atom. The summed E-state index contributed by atoms with van der Waals surface area (Å²) in [5.41, 5.74) is 1.43. The summed E-state index contributed by atoms with van der Waals surface area (Å²) in [5.74, 6) is -1.26. The second kappa shape index (κ2) is 8.75. The van der Waals surface area contributed by atoms with Crippen LogP contribution in [0.3, 0.4) is 0 Å². The van der Waals surface area contributed by atoms with Crippen molar-refractivity contribution in [2.75, 3.05) is 0 Å². The lowest BCUT2D eigenvalue weighted by Gasteiger charge is -2.17. The van der Waals surface area contributed by atoms with Gasteiger partial charge in [0.05, 0.1) is 16.5 Å². The highest BCUT2D eigenvalue weighted by Gasteiger charge is 2.16. The van der Waals surface area contributed by atoms with Crippen LogP contribution in [0.2, 0.25) is 0 Å². The molecular weight excluding hydrogens is 336 g/mol. The van der Waals surface area contributed by atoms with E-state index in [9.17, 15) is 24.8 Å². The second-order valence-electron chi connectivity index (χ2n) is 5.84. The first kappa shape index (κ1) is 19.1. The molecule has 0 bridgehead atoms. The minimum atomic E-state index is -1.02. The van der Waals surface area contributed by atoms with Gasteiger partial charge in [-0.2, -0.15) is 0 Å². The van der Waals surface area contributed by atoms with Crippen molar-refractivity contribution in [2.45, 2.75) is 32.2 Å². The molecule has 26 heavy (non-hydrogen) atoms. The molecule has 0 fully saturated rings. The van der Waals surface area contributed by atoms with Crippen molar-refractivity contribution in [3.8, 4) is 0 Å². The van der Waals surface area contributed by atoms with Crippen LogP contribution >= 0.6 is 0 Å². The molecule has 0 spiro atoms. The van der Waals surface area contributed by atoms with Crippen LogP contribution in [0.1, 0.15) is 47.3 Å². The molecule has 0 aliphatic carbocycles. The van der Waals surface area contributed by atoms with Crippen LogP contribution in [-0.4, -0.2) is 21.9 Å². The van der Waals surface area contributed by atoms with Gasteiger partial charge < -0.3 is 10.4 Å². The van der Waals surface area contributed by atoms with Crippen LogP contribution in [0.5, 0.6) is 0 Å². The van der Waals surface area contributed by atoms with Crippen LogP contribution in [0, 0.1) is 10.1 Å². The van der Waals surface area contributed by atoms with Crippen molar-refractivity contribution in [2.24, 2.45) is 0 Å². The smallest absolute Gasteiger partial charge is 0.335 e. The van der Waals surface area contributed by atoms with Gasteiger partial charge in [-0.25, -0.2) is 4.79 Å². The minimum absolute atomic E-state index is 0.0226. The van der Waals surface area contributed by atoms with Gasteiger partial charge in [0.2, 0.25) is 5.91 Å². The largest absolute Gasteiger partial charge is 0.478 e. The number of carboxylic acids is 1. The summed E-state index contributed by atoms with van der Waals surface area (Å²) in [6.45, 7) is 1.88. The van der Waals surface area contributed by atoms with Gasteiger partial charge in [0.15, 0.2) is 0 Å². The molecule has 0 aromatic heterocycles. The molecular formula is C19H20N2O5. The molecule has 7 nitrogen and oxygen atoms in total. The van der Waals surface area contributed by atoms with E-state index in [4.69, 9.17) is 0 Å². The number of aromatic carboxylic acids is 1. The number of nitrogens with one attached hydrogen (secondary N) is 1. The number of carbonyl (C=O) groups excluding carboxylic acids is 1. The Bertz CT molecular complexity index is 819. The standard InChI is InChI=1S/C19H20N2O5/c1-2-17(14-7-5-8-15(12-14)21(25)26)20-18(22)11-10-13-6-3-4-9-16(13)19(23)24/h3-9,12,17H,2,10-11H2,1H3,(H,20,22)(H,23,24). The van der Waals surface area contributed by atoms with Crippen molar-refractivity contribution in [1.82, 2.24) is 5.32 Å². The summed E-state index contributed by atoms with van der Waals surface area (Å²) in [6.07, 6.45) is 1.02. The van der Waals surface area contributed by atoms with Crippen LogP contribution in [0.4, 0.5) is 5.69 Å². The molecule has 1 atom stereocenters. The maximum Gasteiger partial charge on any atom is 0.335 e. The van der Waals surface area contributed by atoms with E-state index in [-0.39, 0.29) is 29.6 Å². The first-order valence-electron chi connectivity index (χ1n) is 8.27. The van der Waals surface area contributed by atoms with Crippen molar-refractivity contribution in [3.63, 3.8) is 0 Å². The number of nitro benzene ring substituents is 1. The SMILES string of the molecule is CCC(NC(=O)CCc1ccccc1C(=O)O)c1cccc([N+](=O)[O-])c1. The van der Waals surface area contributed by atoms with E-state index in [2.05, 4.69) is 5.32 Å². The maximum atomic E-state index is 12.3. The quantitative estimate of drug-likeness (QED) is 0.556. The van der Waals surface area contributed by atoms with Gasteiger partial charge in [-0.3, -0.25) is 14.9 Å². The van der Waals surface area contributed by atoms with Gasteiger partial charge in [0.1, 0.15) is 0 Å². The highest BCUT2D eigenvalue weighted by molar-refractivity contribution is 5.89. The van der Waals surface area contributed by atoms with E-state index in [1.54, 1.807) is 30.3 Å². The number of benzene rings is 2. The van der Waals surface area contributed by atoms with Crippen LogP contribution in [-0.2, 0) is 11.2 Å². The lowest BCUT2D eigenvalue weighted by atomic mass is 10.0. The van der Waals surface area contributed by atoms with Crippen LogP contribution in [0.15, 0.2) is 48.5 Å². The number of rotatable bonds is 8. The summed E-state index contributed by atoms with van der Waals surface area (Å²) in [7, 11) is 0. The average Bonchev–Trinajstić information content (AvgIpc) is 2.64. The normalized spacial score (nSPS) is 11.6. The molecule has 2 rings (SSSR count). The molecule has 136 valence electrons. The molecule has 2 aromatic carbocycles. The number of carbonyl (C=O) groups is 2. The number of nitrogens with zero attached hydrogens (tertiary/aromatic N) is 1. The number of hydrogen-bond donors (Lipinski definition) is 2. The summed E-state index contributed by atoms with van der Waals surface area (Å²) < 4.78 is 0. The van der Waals surface area contributed by atoms with Crippen molar-refractivity contribution in [3.05, 3.63) is 75.3 Å². The Morgan fingerprint density at radius 3 is 2.58 bits per heavy atom. The molecule has 0 aliphatic rings. The summed E-state index contributed by atoms with van der Waals surface area (Å²) in [6, 6.07) is 12.4. The van der Waals surface area contributed by atoms with Gasteiger partial charge in [-0.05, 0) is 30.0 Å². The zero-order valence-electron chi connectivity index (χ0n) is 14.3. The highest BCUT2D eigenvalue weighted by atomic mass is 16.6. The Kier molecular flexibility index (Phi) is 6.43. The number of non-ortho nitro benzene ring substituents is 1. The fourth-order valence-electron chi connectivity index (χ4n) is 2.74. The van der Waals surface area contributed by atoms with Gasteiger partial charge in [-0.15, -0.1) is 0 Å². The Labute approximate surface area is 150 Å². The van der Waals surface area contributed by atoms with Crippen molar-refractivity contribution < 1.29 is 19.6 Å². The lowest BCUT2D eigenvalue weighted by molar-refractivity contribution is -0.384. The van der Waals surface area contributed by atoms with Crippen molar-refractivity contribution >= 4 is 17.6 Å². The maximum absolute atomic E-state index is 12.3. The van der Waals surface area contributed by atoms with E-state index in [1.165, 1.54) is 18.2 Å². The van der Waals surface area contributed by atoms with E-state index >= 15 is 0 Å². The third-order valence-electron chi connectivity index (χ3n) is 4.10. The minimum Gasteiger partial charge on any atom is -0.478 e. The molecule has 2 N–H and O–H groups in total. The first-order chi connectivity index (χ1) is 12.4. The van der Waals surface area contributed by atoms with E-state index in [1.807, 2.05) is 6.92 Å². The molecule has 0 aliphatic heterocycles. The number of hydrogen-bond acceptors (Lipinski definition) is 4. The summed E-state index contributed by atoms with van der Waals surface area (Å²) in [4.78, 5) is 33.9. The zero-order valence-corrected chi connectivity index (χ0v) is 14.3. The lowest BCUT2D eigenvalue weighted by Crippen LogP contribution is -2.28. The third kappa shape index (κ3) is 4.89. The molecule has 7 heteroatoms. The Morgan fingerprint density at radius 1 is 1.19 bits per heavy atom. The fourth-order valence-corrected chi connectivity index (χ4v) is 2.74. The van der Waals surface area contributed by atoms with Gasteiger partial charge >= 0.3 is 5.97 Å². The first-order valence-corrected chi connectivity index (χ1v) is 8.27. The third-order valence-corrected chi connectivity index (χ3v) is 4.10. The topological polar surface area (TPSA) is 110 Å². The number of aryl methyl sites for hydroxylation is 1. The molecule has 1 amide bonds. The predicted octanol–water partition coefficient (Wildman–Crippen LogP) is 3.49. The van der Waals surface area contributed by atoms with Crippen LogP contribution < -0.4 is 5.32 Å². The molecule has 1 unspecified atom stereocenters. The van der Waals surface area contributed by atoms with Gasteiger partial charge in [0.25, 0.3) is 5.69 Å². The van der Waals surface area contributed by atoms with E-state index in [0.29, 0.717) is 24.0 Å². The molecule has 2 aromatic rings. The Balaban J connectivity index is 2.03. The average molecular weight is 356 g/mol. The molecule has 0 heterocycles. The number of amides is 1. The van der Waals surface area contributed by atoms with E-state index in [0.717, 1.165) is 0 Å². The number of carboxylic acid groups (broad SMARTS) is 1. The monoisotopic (exact) mass is 356 g/mol. The van der Waals surface area contributed by atoms with Crippen LogP contribution in [0.25, 0.3) is 0 Å². The summed E-state index contributed by atoms with van der Waals surface area (Å²) >= 11 is 0. The zero-order chi connectivity index (χ0) is 19.1. The fraction of sp³-hybridized carbons (Fsp3) is 0.263. The van der Waals surface area contributed by atoms with Crippen molar-refractivity contribution in [1.29, 1.82) is 0 Å². The van der Waals surface area contributed by atoms with E-state index < -0.39 is 10.9 Å². The summed E-state index contributed by atoms with van der Waals surface area (Å²) in [5, 5.41) is 22.9. The molecule has 0 saturated heterocycles. The second-order valence-corrected chi connectivity index (χ2v) is 5.84.